The second kappa shape index (κ2) is 13.2. The summed E-state index contributed by atoms with van der Waals surface area (Å²) in [7, 11) is 1.80. The number of piperidine rings is 1. The van der Waals surface area contributed by atoms with Gasteiger partial charge in [0.25, 0.3) is 5.91 Å². The van der Waals surface area contributed by atoms with E-state index in [0.29, 0.717) is 46.6 Å². The van der Waals surface area contributed by atoms with Gasteiger partial charge in [-0.1, -0.05) is 53.8 Å². The average Bonchev–Trinajstić information content (AvgIpc) is 3.40. The van der Waals surface area contributed by atoms with Gasteiger partial charge in [-0.2, -0.15) is 5.10 Å². The van der Waals surface area contributed by atoms with E-state index in [4.69, 9.17) is 0 Å². The molecular weight excluding hydrogens is 558 g/mol. The van der Waals surface area contributed by atoms with Crippen LogP contribution in [-0.2, 0) is 16.6 Å². The summed E-state index contributed by atoms with van der Waals surface area (Å²) in [6.45, 7) is 2.30. The molecule has 224 valence electrons. The molecule has 4 aromatic rings. The van der Waals surface area contributed by atoms with Gasteiger partial charge in [0, 0.05) is 36.6 Å². The standard InChI is InChI=1S/C34H33N5O5/c1-22-11-18-29(40)27(20-22)30-25(21-38(2)37-30)15-12-23-13-16-26(17-14-23)35-32(41)28-10-6-7-19-39(28)33(42)31(36-34(43)44)24-8-4-3-5-9-24/h3-5,8-9,11,13-14,16-18,20-21,28,31,36,40H,6-7,10,19H2,1-2H3,(H,35,41)(H,43,44)/t28-,31-/m0/s1. The Morgan fingerprint density at radius 3 is 2.48 bits per heavy atom. The lowest BCUT2D eigenvalue weighted by Gasteiger charge is -2.37. The summed E-state index contributed by atoms with van der Waals surface area (Å²) < 4.78 is 1.65. The Bertz CT molecular complexity index is 1740. The molecule has 0 aliphatic carbocycles. The lowest BCUT2D eigenvalue weighted by atomic mass is 9.98. The van der Waals surface area contributed by atoms with Crippen molar-refractivity contribution in [3.8, 4) is 28.8 Å². The van der Waals surface area contributed by atoms with Crippen molar-refractivity contribution in [2.45, 2.75) is 38.3 Å². The number of phenolic OH excluding ortho intramolecular Hbond substituents is 1. The highest BCUT2D eigenvalue weighted by molar-refractivity contribution is 5.98. The molecule has 2 atom stereocenters. The van der Waals surface area contributed by atoms with Gasteiger partial charge in [-0.05, 0) is 68.1 Å². The first kappa shape index (κ1) is 29.9. The molecule has 1 fully saturated rings. The van der Waals surface area contributed by atoms with Crippen LogP contribution in [0.4, 0.5) is 10.5 Å². The highest BCUT2D eigenvalue weighted by Gasteiger charge is 2.36. The van der Waals surface area contributed by atoms with Crippen molar-refractivity contribution in [3.63, 3.8) is 0 Å². The molecule has 1 aliphatic heterocycles. The Morgan fingerprint density at radius 2 is 1.75 bits per heavy atom. The maximum atomic E-state index is 13.6. The molecular formula is C34H33N5O5. The van der Waals surface area contributed by atoms with E-state index in [1.54, 1.807) is 78.6 Å². The summed E-state index contributed by atoms with van der Waals surface area (Å²) >= 11 is 0. The fraction of sp³-hybridized carbons (Fsp3) is 0.235. The Hall–Kier alpha value is -5.56. The number of benzene rings is 3. The van der Waals surface area contributed by atoms with E-state index in [1.807, 2.05) is 19.1 Å². The van der Waals surface area contributed by atoms with E-state index in [9.17, 15) is 24.6 Å². The van der Waals surface area contributed by atoms with Crippen molar-refractivity contribution in [2.24, 2.45) is 7.05 Å². The summed E-state index contributed by atoms with van der Waals surface area (Å²) in [5, 5.41) is 29.5. The molecule has 44 heavy (non-hydrogen) atoms. The van der Waals surface area contributed by atoms with E-state index in [-0.39, 0.29) is 11.7 Å². The van der Waals surface area contributed by atoms with Gasteiger partial charge in [-0.15, -0.1) is 0 Å². The largest absolute Gasteiger partial charge is 0.507 e. The number of hydrogen-bond acceptors (Lipinski definition) is 5. The second-order valence-corrected chi connectivity index (χ2v) is 10.7. The van der Waals surface area contributed by atoms with Gasteiger partial charge >= 0.3 is 6.09 Å². The van der Waals surface area contributed by atoms with Gasteiger partial charge in [0.1, 0.15) is 23.5 Å². The molecule has 10 nitrogen and oxygen atoms in total. The Balaban J connectivity index is 1.30. The number of hydrogen-bond donors (Lipinski definition) is 4. The van der Waals surface area contributed by atoms with Crippen LogP contribution >= 0.6 is 0 Å². The molecule has 4 N–H and O–H groups in total. The first-order valence-electron chi connectivity index (χ1n) is 14.3. The number of carboxylic acid groups (broad SMARTS) is 1. The molecule has 3 aromatic carbocycles. The van der Waals surface area contributed by atoms with Crippen molar-refractivity contribution in [1.29, 1.82) is 0 Å². The monoisotopic (exact) mass is 591 g/mol. The lowest BCUT2D eigenvalue weighted by molar-refractivity contribution is -0.142. The normalized spacial score (nSPS) is 15.0. The number of amides is 3. The molecule has 0 bridgehead atoms. The molecule has 0 saturated carbocycles. The van der Waals surface area contributed by atoms with Crippen molar-refractivity contribution in [2.75, 3.05) is 11.9 Å². The van der Waals surface area contributed by atoms with Crippen LogP contribution in [0.25, 0.3) is 11.3 Å². The zero-order chi connectivity index (χ0) is 31.2. The third kappa shape index (κ3) is 6.90. The smallest absolute Gasteiger partial charge is 0.405 e. The molecule has 1 aromatic heterocycles. The molecule has 5 rings (SSSR count). The summed E-state index contributed by atoms with van der Waals surface area (Å²) in [5.74, 6) is 5.59. The third-order valence-electron chi connectivity index (χ3n) is 7.47. The van der Waals surface area contributed by atoms with Crippen LogP contribution in [0.15, 0.2) is 79.0 Å². The van der Waals surface area contributed by atoms with E-state index < -0.39 is 24.1 Å². The number of likely N-dealkylation sites (tertiary alicyclic amines) is 1. The van der Waals surface area contributed by atoms with E-state index >= 15 is 0 Å². The van der Waals surface area contributed by atoms with Crippen LogP contribution in [0.5, 0.6) is 5.75 Å². The minimum Gasteiger partial charge on any atom is -0.507 e. The zero-order valence-corrected chi connectivity index (χ0v) is 24.4. The molecule has 10 heteroatoms. The number of carbonyl (C=O) groups is 3. The molecule has 1 saturated heterocycles. The number of aryl methyl sites for hydroxylation is 2. The van der Waals surface area contributed by atoms with Crippen LogP contribution in [0.2, 0.25) is 0 Å². The predicted molar refractivity (Wildman–Crippen MR) is 166 cm³/mol. The number of nitrogens with one attached hydrogen (secondary N) is 2. The molecule has 0 unspecified atom stereocenters. The number of carbonyl (C=O) groups excluding carboxylic acids is 2. The summed E-state index contributed by atoms with van der Waals surface area (Å²) in [5.41, 5.74) is 4.63. The van der Waals surface area contributed by atoms with Crippen LogP contribution < -0.4 is 10.6 Å². The average molecular weight is 592 g/mol. The number of phenols is 1. The van der Waals surface area contributed by atoms with Gasteiger partial charge in [-0.25, -0.2) is 4.79 Å². The maximum absolute atomic E-state index is 13.6. The SMILES string of the molecule is Cc1ccc(O)c(-c2nn(C)cc2C#Cc2ccc(NC(=O)[C@@H]3CCCCN3C(=O)[C@@H](NC(=O)O)c3ccccc3)cc2)c1. The first-order chi connectivity index (χ1) is 21.2. The third-order valence-corrected chi connectivity index (χ3v) is 7.47. The maximum Gasteiger partial charge on any atom is 0.405 e. The topological polar surface area (TPSA) is 137 Å². The Morgan fingerprint density at radius 1 is 1.00 bits per heavy atom. The van der Waals surface area contributed by atoms with E-state index in [2.05, 4.69) is 27.6 Å². The number of nitrogens with zero attached hydrogens (tertiary/aromatic N) is 3. The number of aromatic nitrogens is 2. The molecule has 1 aliphatic rings. The predicted octanol–water partition coefficient (Wildman–Crippen LogP) is 4.83. The number of aromatic hydroxyl groups is 1. The molecule has 0 radical (unpaired) electrons. The first-order valence-corrected chi connectivity index (χ1v) is 14.3. The highest BCUT2D eigenvalue weighted by atomic mass is 16.4. The quantitative estimate of drug-likeness (QED) is 0.237. The Kier molecular flexibility index (Phi) is 8.95. The second-order valence-electron chi connectivity index (χ2n) is 10.7. The fourth-order valence-corrected chi connectivity index (χ4v) is 5.31. The molecule has 3 amide bonds. The minimum absolute atomic E-state index is 0.129. The van der Waals surface area contributed by atoms with Gasteiger partial charge in [0.2, 0.25) is 5.91 Å². The lowest BCUT2D eigenvalue weighted by Crippen LogP contribution is -2.53. The molecule has 0 spiro atoms. The van der Waals surface area contributed by atoms with E-state index in [0.717, 1.165) is 18.4 Å². The zero-order valence-electron chi connectivity index (χ0n) is 24.4. The summed E-state index contributed by atoms with van der Waals surface area (Å²) in [6, 6.07) is 19.2. The van der Waals surface area contributed by atoms with Gasteiger partial charge in [-0.3, -0.25) is 14.3 Å². The minimum atomic E-state index is -1.32. The molecule has 2 heterocycles. The van der Waals surface area contributed by atoms with Crippen LogP contribution in [-0.4, -0.2) is 55.4 Å². The van der Waals surface area contributed by atoms with Crippen LogP contribution in [0.1, 0.15) is 47.6 Å². The van der Waals surface area contributed by atoms with Crippen LogP contribution in [0.3, 0.4) is 0 Å². The van der Waals surface area contributed by atoms with Gasteiger partial charge in [0.15, 0.2) is 0 Å². The van der Waals surface area contributed by atoms with Crippen LogP contribution in [0, 0.1) is 18.8 Å². The highest BCUT2D eigenvalue weighted by Crippen LogP contribution is 2.31. The number of anilines is 1. The Labute approximate surface area is 255 Å². The van der Waals surface area contributed by atoms with Crippen molar-refractivity contribution < 1.29 is 24.6 Å². The van der Waals surface area contributed by atoms with E-state index in [1.165, 1.54) is 4.90 Å². The van der Waals surface area contributed by atoms with Gasteiger partial charge < -0.3 is 25.7 Å². The summed E-state index contributed by atoms with van der Waals surface area (Å²) in [4.78, 5) is 39.9. The van der Waals surface area contributed by atoms with Crippen molar-refractivity contribution in [1.82, 2.24) is 20.0 Å². The fourth-order valence-electron chi connectivity index (χ4n) is 5.31. The summed E-state index contributed by atoms with van der Waals surface area (Å²) in [6.07, 6.45) is 2.44. The van der Waals surface area contributed by atoms with Crippen molar-refractivity contribution in [3.05, 3.63) is 101 Å². The van der Waals surface area contributed by atoms with Crippen molar-refractivity contribution >= 4 is 23.6 Å². The van der Waals surface area contributed by atoms with Gasteiger partial charge in [0.05, 0.1) is 5.56 Å². The number of rotatable bonds is 6.